The quantitative estimate of drug-likeness (QED) is 0.761. The van der Waals surface area contributed by atoms with E-state index in [0.717, 1.165) is 17.7 Å². The van der Waals surface area contributed by atoms with Gasteiger partial charge in [-0.15, -0.1) is 0 Å². The molecule has 8 nitrogen and oxygen atoms in total. The molecule has 3 fully saturated rings. The average Bonchev–Trinajstić information content (AvgIpc) is 3.34. The minimum absolute atomic E-state index is 0.0481. The van der Waals surface area contributed by atoms with Gasteiger partial charge in [-0.3, -0.25) is 0 Å². The van der Waals surface area contributed by atoms with Gasteiger partial charge in [-0.25, -0.2) is 19.6 Å². The van der Waals surface area contributed by atoms with Gasteiger partial charge in [0.2, 0.25) is 0 Å². The van der Waals surface area contributed by atoms with E-state index in [1.807, 2.05) is 11.4 Å². The predicted octanol–water partition coefficient (Wildman–Crippen LogP) is 1.92. The SMILES string of the molecule is COC(=O)N1[C@@H]2[C@@H]([C@@H]3C[C@H]2C2C(c4ccsc4)=NOC23)N1C(=O)OC. The third-order valence-electron chi connectivity index (χ3n) is 5.93. The summed E-state index contributed by atoms with van der Waals surface area (Å²) < 4.78 is 9.74. The molecule has 0 aromatic carbocycles. The Balaban J connectivity index is 1.48. The minimum atomic E-state index is -0.548. The second kappa shape index (κ2) is 5.10. The standard InChI is InChI=1S/C16H17N3O5S/c1-22-15(20)18-12-8-5-9(13(12)19(18)16(21)23-2)14-10(8)11(17-24-14)7-3-4-25-6-7/h3-4,6,8-10,12-14H,5H2,1-2H3/t8-,9-,10?,12-,13+,14?/m0/s1. The van der Waals surface area contributed by atoms with E-state index in [0.29, 0.717) is 0 Å². The number of oxime groups is 1. The molecule has 25 heavy (non-hydrogen) atoms. The van der Waals surface area contributed by atoms with Gasteiger partial charge in [-0.1, -0.05) is 5.16 Å². The third-order valence-corrected chi connectivity index (χ3v) is 6.62. The summed E-state index contributed by atoms with van der Waals surface area (Å²) in [7, 11) is 2.63. The highest BCUT2D eigenvalue weighted by molar-refractivity contribution is 7.08. The Bertz CT molecular complexity index is 766. The van der Waals surface area contributed by atoms with E-state index in [1.165, 1.54) is 24.2 Å². The number of nitrogens with zero attached hydrogens (tertiary/aromatic N) is 3. The fourth-order valence-electron chi connectivity index (χ4n) is 5.11. The first-order valence-corrected chi connectivity index (χ1v) is 9.12. The molecule has 2 bridgehead atoms. The second-order valence-electron chi connectivity index (χ2n) is 6.76. The highest BCUT2D eigenvalue weighted by Crippen LogP contribution is 2.60. The lowest BCUT2D eigenvalue weighted by Gasteiger charge is -2.57. The van der Waals surface area contributed by atoms with Crippen molar-refractivity contribution in [3.63, 3.8) is 0 Å². The van der Waals surface area contributed by atoms with Gasteiger partial charge in [-0.2, -0.15) is 11.3 Å². The van der Waals surface area contributed by atoms with Gasteiger partial charge < -0.3 is 14.3 Å². The molecule has 0 N–H and O–H groups in total. The number of amides is 2. The number of hydrogen-bond donors (Lipinski definition) is 0. The molecule has 2 aliphatic heterocycles. The van der Waals surface area contributed by atoms with Crippen molar-refractivity contribution in [2.75, 3.05) is 14.2 Å². The first kappa shape index (κ1) is 15.0. The van der Waals surface area contributed by atoms with Gasteiger partial charge in [0.05, 0.1) is 37.9 Å². The smallest absolute Gasteiger partial charge is 0.429 e. The van der Waals surface area contributed by atoms with E-state index in [-0.39, 0.29) is 35.9 Å². The van der Waals surface area contributed by atoms with Gasteiger partial charge in [0, 0.05) is 11.5 Å². The summed E-state index contributed by atoms with van der Waals surface area (Å²) >= 11 is 1.62. The number of carbonyl (C=O) groups is 2. The summed E-state index contributed by atoms with van der Waals surface area (Å²) in [6.45, 7) is 0. The maximum Gasteiger partial charge on any atom is 0.429 e. The van der Waals surface area contributed by atoms with Crippen LogP contribution in [0.25, 0.3) is 0 Å². The Morgan fingerprint density at radius 3 is 2.48 bits per heavy atom. The zero-order chi connectivity index (χ0) is 17.3. The maximum atomic E-state index is 12.2. The summed E-state index contributed by atoms with van der Waals surface area (Å²) in [4.78, 5) is 30.2. The molecule has 132 valence electrons. The molecule has 0 spiro atoms. The summed E-state index contributed by atoms with van der Waals surface area (Å²) in [6, 6.07) is 1.86. The molecule has 3 heterocycles. The minimum Gasteiger partial charge on any atom is -0.452 e. The van der Waals surface area contributed by atoms with Gasteiger partial charge in [-0.05, 0) is 29.2 Å². The first-order valence-electron chi connectivity index (χ1n) is 8.18. The van der Waals surface area contributed by atoms with Crippen LogP contribution in [0.1, 0.15) is 12.0 Å². The van der Waals surface area contributed by atoms with Crippen LogP contribution < -0.4 is 0 Å². The van der Waals surface area contributed by atoms with Crippen LogP contribution in [-0.2, 0) is 14.3 Å². The largest absolute Gasteiger partial charge is 0.452 e. The van der Waals surface area contributed by atoms with E-state index in [4.69, 9.17) is 14.3 Å². The van der Waals surface area contributed by atoms with E-state index < -0.39 is 12.2 Å². The van der Waals surface area contributed by atoms with E-state index in [2.05, 4.69) is 10.5 Å². The number of rotatable bonds is 1. The lowest BCUT2D eigenvalue weighted by atomic mass is 9.74. The van der Waals surface area contributed by atoms with Gasteiger partial charge in [0.25, 0.3) is 0 Å². The maximum absolute atomic E-state index is 12.2. The highest BCUT2D eigenvalue weighted by atomic mass is 32.1. The molecule has 0 radical (unpaired) electrons. The fourth-order valence-corrected chi connectivity index (χ4v) is 5.76. The van der Waals surface area contributed by atoms with Crippen molar-refractivity contribution in [2.45, 2.75) is 24.6 Å². The van der Waals surface area contributed by atoms with Crippen molar-refractivity contribution in [1.82, 2.24) is 10.0 Å². The normalized spacial score (nSPS) is 37.0. The van der Waals surface area contributed by atoms with E-state index in [9.17, 15) is 9.59 Å². The second-order valence-corrected chi connectivity index (χ2v) is 7.54. The summed E-state index contributed by atoms with van der Waals surface area (Å²) in [5.74, 6) is 0.480. The molecule has 2 amide bonds. The van der Waals surface area contributed by atoms with Crippen molar-refractivity contribution in [3.8, 4) is 0 Å². The summed E-state index contributed by atoms with van der Waals surface area (Å²) in [6.07, 6.45) is -0.237. The zero-order valence-electron chi connectivity index (χ0n) is 13.7. The molecule has 5 rings (SSSR count). The van der Waals surface area contributed by atoms with Gasteiger partial charge >= 0.3 is 12.2 Å². The molecule has 4 aliphatic rings. The molecular formula is C16H17N3O5S. The van der Waals surface area contributed by atoms with Crippen molar-refractivity contribution in [2.24, 2.45) is 22.9 Å². The Morgan fingerprint density at radius 2 is 1.88 bits per heavy atom. The van der Waals surface area contributed by atoms with E-state index >= 15 is 0 Å². The van der Waals surface area contributed by atoms with Crippen LogP contribution in [0.5, 0.6) is 0 Å². The Morgan fingerprint density at radius 1 is 1.20 bits per heavy atom. The molecule has 1 aromatic rings. The van der Waals surface area contributed by atoms with Crippen LogP contribution in [0.15, 0.2) is 22.0 Å². The number of hydrogen-bond acceptors (Lipinski definition) is 7. The van der Waals surface area contributed by atoms with Gasteiger partial charge in [0.15, 0.2) is 0 Å². The Hall–Kier alpha value is -2.29. The number of methoxy groups -OCH3 is 2. The number of carbonyl (C=O) groups excluding carboxylic acids is 2. The number of thiophene rings is 1. The number of hydrazine groups is 1. The van der Waals surface area contributed by atoms with E-state index in [1.54, 1.807) is 11.3 Å². The molecule has 2 saturated carbocycles. The van der Waals surface area contributed by atoms with Gasteiger partial charge in [0.1, 0.15) is 6.10 Å². The van der Waals surface area contributed by atoms with Crippen LogP contribution in [-0.4, -0.2) is 60.3 Å². The molecule has 2 aliphatic carbocycles. The molecule has 1 aromatic heterocycles. The predicted molar refractivity (Wildman–Crippen MR) is 86.9 cm³/mol. The monoisotopic (exact) mass is 363 g/mol. The Kier molecular flexibility index (Phi) is 3.06. The van der Waals surface area contributed by atoms with Crippen molar-refractivity contribution < 1.29 is 23.9 Å². The zero-order valence-corrected chi connectivity index (χ0v) is 14.5. The van der Waals surface area contributed by atoms with Crippen molar-refractivity contribution in [3.05, 3.63) is 22.4 Å². The highest BCUT2D eigenvalue weighted by Gasteiger charge is 2.73. The lowest BCUT2D eigenvalue weighted by molar-refractivity contribution is -0.198. The van der Waals surface area contributed by atoms with Crippen molar-refractivity contribution >= 4 is 29.2 Å². The summed E-state index contributed by atoms with van der Waals surface area (Å²) in [5.41, 5.74) is 2.04. The third kappa shape index (κ3) is 1.74. The average molecular weight is 363 g/mol. The number of fused-ring (bicyclic) bond motifs is 8. The van der Waals surface area contributed by atoms with Crippen LogP contribution in [0.4, 0.5) is 9.59 Å². The molecular weight excluding hydrogens is 346 g/mol. The van der Waals surface area contributed by atoms with Crippen LogP contribution in [0.3, 0.4) is 0 Å². The van der Waals surface area contributed by atoms with Crippen LogP contribution in [0.2, 0.25) is 0 Å². The molecule has 2 unspecified atom stereocenters. The van der Waals surface area contributed by atoms with Crippen LogP contribution in [0, 0.1) is 17.8 Å². The molecule has 1 saturated heterocycles. The lowest BCUT2D eigenvalue weighted by Crippen LogP contribution is -2.78. The molecule has 6 atom stereocenters. The fraction of sp³-hybridized carbons (Fsp3) is 0.562. The van der Waals surface area contributed by atoms with Crippen LogP contribution >= 0.6 is 11.3 Å². The Labute approximate surface area is 147 Å². The van der Waals surface area contributed by atoms with Crippen molar-refractivity contribution in [1.29, 1.82) is 0 Å². The first-order chi connectivity index (χ1) is 12.2. The number of ether oxygens (including phenoxy) is 2. The molecule has 9 heteroatoms. The summed E-state index contributed by atoms with van der Waals surface area (Å²) in [5, 5.41) is 11.2. The topological polar surface area (TPSA) is 80.7 Å².